The molecule has 28 heavy (non-hydrogen) atoms. The van der Waals surface area contributed by atoms with Crippen LogP contribution >= 0.6 is 11.8 Å². The van der Waals surface area contributed by atoms with Gasteiger partial charge in [0.2, 0.25) is 20.9 Å². The lowest BCUT2D eigenvalue weighted by Gasteiger charge is -2.31. The molecule has 11 heteroatoms. The molecule has 148 valence electrons. The van der Waals surface area contributed by atoms with Crippen LogP contribution in [-0.4, -0.2) is 63.1 Å². The van der Waals surface area contributed by atoms with Gasteiger partial charge in [0.1, 0.15) is 11.8 Å². The van der Waals surface area contributed by atoms with Gasteiger partial charge in [-0.25, -0.2) is 13.4 Å². The van der Waals surface area contributed by atoms with E-state index in [4.69, 9.17) is 4.42 Å². The summed E-state index contributed by atoms with van der Waals surface area (Å²) in [5.74, 6) is 0.148. The molecule has 1 aromatic carbocycles. The third-order valence-corrected chi connectivity index (χ3v) is 7.79. The normalized spacial score (nSPS) is 16.0. The number of likely N-dealkylation sites (tertiary alicyclic amines) is 1. The number of thioether (sulfide) groups is 1. The largest absolute Gasteiger partial charge is 0.431 e. The van der Waals surface area contributed by atoms with Crippen molar-refractivity contribution in [1.29, 1.82) is 0 Å². The van der Waals surface area contributed by atoms with E-state index in [1.54, 1.807) is 11.9 Å². The smallest absolute Gasteiger partial charge is 0.257 e. The minimum atomic E-state index is -3.55. The highest BCUT2D eigenvalue weighted by atomic mass is 32.2. The quantitative estimate of drug-likeness (QED) is 0.570. The summed E-state index contributed by atoms with van der Waals surface area (Å²) < 4.78 is 32.4. The first kappa shape index (κ1) is 18.9. The minimum Gasteiger partial charge on any atom is -0.431 e. The Hall–Kier alpha value is -2.40. The van der Waals surface area contributed by atoms with Crippen molar-refractivity contribution >= 4 is 38.6 Å². The number of nitrogens with zero attached hydrogens (tertiary/aromatic N) is 5. The summed E-state index contributed by atoms with van der Waals surface area (Å²) >= 11 is 1.25. The minimum absolute atomic E-state index is 0.0243. The van der Waals surface area contributed by atoms with E-state index in [1.165, 1.54) is 22.7 Å². The molecule has 0 saturated carbocycles. The van der Waals surface area contributed by atoms with Crippen molar-refractivity contribution in [2.75, 3.05) is 18.8 Å². The maximum Gasteiger partial charge on any atom is 0.257 e. The monoisotopic (exact) mass is 421 g/mol. The van der Waals surface area contributed by atoms with Crippen LogP contribution in [0.1, 0.15) is 12.8 Å². The first-order valence-electron chi connectivity index (χ1n) is 8.79. The highest BCUT2D eigenvalue weighted by molar-refractivity contribution is 7.99. The van der Waals surface area contributed by atoms with E-state index in [9.17, 15) is 13.2 Å². The second-order valence-corrected chi connectivity index (χ2v) is 9.63. The number of hydrogen-bond acceptors (Lipinski definition) is 8. The van der Waals surface area contributed by atoms with Crippen LogP contribution in [0.15, 0.2) is 45.4 Å². The number of carbonyl (C=O) groups excluding carboxylic acids is 1. The molecule has 1 amide bonds. The second kappa shape index (κ2) is 7.55. The number of oxazole rings is 1. The Morgan fingerprint density at radius 2 is 2.04 bits per heavy atom. The average molecular weight is 422 g/mol. The molecule has 4 rings (SSSR count). The summed E-state index contributed by atoms with van der Waals surface area (Å²) in [5, 5.41) is 7.25. The number of piperidine rings is 1. The van der Waals surface area contributed by atoms with E-state index in [0.29, 0.717) is 36.7 Å². The van der Waals surface area contributed by atoms with Crippen LogP contribution in [0.3, 0.4) is 0 Å². The summed E-state index contributed by atoms with van der Waals surface area (Å²) in [7, 11) is -1.94. The van der Waals surface area contributed by atoms with E-state index in [1.807, 2.05) is 24.3 Å². The van der Waals surface area contributed by atoms with Crippen molar-refractivity contribution in [1.82, 2.24) is 24.6 Å². The van der Waals surface area contributed by atoms with Gasteiger partial charge < -0.3 is 13.9 Å². The summed E-state index contributed by atoms with van der Waals surface area (Å²) in [4.78, 5) is 18.5. The molecule has 0 unspecified atom stereocenters. The lowest BCUT2D eigenvalue weighted by molar-refractivity contribution is -0.129. The maximum absolute atomic E-state index is 12.7. The van der Waals surface area contributed by atoms with E-state index in [0.717, 1.165) is 5.52 Å². The molecule has 9 nitrogen and oxygen atoms in total. The molecule has 1 aliphatic heterocycles. The third-order valence-electron chi connectivity index (χ3n) is 4.75. The molecule has 2 aromatic heterocycles. The number of rotatable bonds is 5. The zero-order chi connectivity index (χ0) is 19.7. The van der Waals surface area contributed by atoms with E-state index < -0.39 is 15.1 Å². The summed E-state index contributed by atoms with van der Waals surface area (Å²) in [6.45, 7) is 0.795. The van der Waals surface area contributed by atoms with Crippen LogP contribution in [0, 0.1) is 0 Å². The lowest BCUT2D eigenvalue weighted by Crippen LogP contribution is -2.43. The van der Waals surface area contributed by atoms with Crippen molar-refractivity contribution in [3.63, 3.8) is 0 Å². The van der Waals surface area contributed by atoms with Gasteiger partial charge in [-0.05, 0) is 25.0 Å². The fourth-order valence-electron chi connectivity index (χ4n) is 3.22. The number of amides is 1. The van der Waals surface area contributed by atoms with E-state index in [2.05, 4.69) is 15.2 Å². The number of aryl methyl sites for hydroxylation is 1. The molecule has 3 heterocycles. The van der Waals surface area contributed by atoms with Crippen LogP contribution in [0.4, 0.5) is 0 Å². The Morgan fingerprint density at radius 1 is 1.29 bits per heavy atom. The first-order valence-corrected chi connectivity index (χ1v) is 11.3. The Balaban J connectivity index is 1.33. The molecule has 3 aromatic rings. The number of fused-ring (bicyclic) bond motifs is 1. The van der Waals surface area contributed by atoms with Crippen molar-refractivity contribution < 1.29 is 17.6 Å². The summed E-state index contributed by atoms with van der Waals surface area (Å²) in [5.41, 5.74) is 1.44. The Labute approximate surface area is 166 Å². The van der Waals surface area contributed by atoms with Gasteiger partial charge in [-0.1, -0.05) is 23.9 Å². The van der Waals surface area contributed by atoms with Crippen LogP contribution in [0.2, 0.25) is 0 Å². The lowest BCUT2D eigenvalue weighted by atomic mass is 10.1. The Kier molecular flexibility index (Phi) is 5.11. The highest BCUT2D eigenvalue weighted by Crippen LogP contribution is 2.26. The fourth-order valence-corrected chi connectivity index (χ4v) is 5.70. The predicted molar refractivity (Wildman–Crippen MR) is 103 cm³/mol. The number of carbonyl (C=O) groups is 1. The van der Waals surface area contributed by atoms with Gasteiger partial charge in [-0.2, -0.15) is 0 Å². The van der Waals surface area contributed by atoms with E-state index >= 15 is 0 Å². The Morgan fingerprint density at radius 3 is 2.71 bits per heavy atom. The number of sulfone groups is 1. The molecule has 1 aliphatic rings. The summed E-state index contributed by atoms with van der Waals surface area (Å²) in [6.07, 6.45) is 2.14. The number of para-hydroxylation sites is 2. The number of hydrogen-bond donors (Lipinski definition) is 0. The van der Waals surface area contributed by atoms with Gasteiger partial charge in [-0.15, -0.1) is 10.2 Å². The van der Waals surface area contributed by atoms with Crippen LogP contribution < -0.4 is 0 Å². The molecule has 1 saturated heterocycles. The average Bonchev–Trinajstić information content (AvgIpc) is 3.32. The zero-order valence-corrected chi connectivity index (χ0v) is 16.8. The molecule has 0 bridgehead atoms. The third kappa shape index (κ3) is 3.63. The van der Waals surface area contributed by atoms with E-state index in [-0.39, 0.29) is 16.8 Å². The van der Waals surface area contributed by atoms with Crippen LogP contribution in [0.5, 0.6) is 0 Å². The first-order chi connectivity index (χ1) is 13.4. The highest BCUT2D eigenvalue weighted by Gasteiger charge is 2.35. The van der Waals surface area contributed by atoms with Crippen molar-refractivity contribution in [2.24, 2.45) is 7.05 Å². The van der Waals surface area contributed by atoms with Gasteiger partial charge in [0.05, 0.1) is 11.0 Å². The number of benzene rings is 1. The van der Waals surface area contributed by atoms with Gasteiger partial charge in [-0.3, -0.25) is 4.79 Å². The molecule has 0 atom stereocenters. The molecular weight excluding hydrogens is 402 g/mol. The molecule has 0 spiro atoms. The fraction of sp³-hybridized carbons (Fsp3) is 0.412. The molecular formula is C17H19N5O4S2. The van der Waals surface area contributed by atoms with Gasteiger partial charge in [0.25, 0.3) is 5.22 Å². The molecule has 0 aliphatic carbocycles. The van der Waals surface area contributed by atoms with Crippen LogP contribution in [0.25, 0.3) is 11.1 Å². The van der Waals surface area contributed by atoms with Gasteiger partial charge in [0, 0.05) is 20.1 Å². The summed E-state index contributed by atoms with van der Waals surface area (Å²) in [6, 6.07) is 7.43. The van der Waals surface area contributed by atoms with Crippen molar-refractivity contribution in [3.05, 3.63) is 30.6 Å². The number of aromatic nitrogens is 4. The topological polar surface area (TPSA) is 111 Å². The molecule has 0 N–H and O–H groups in total. The second-order valence-electron chi connectivity index (χ2n) is 6.59. The predicted octanol–water partition coefficient (Wildman–Crippen LogP) is 1.51. The van der Waals surface area contributed by atoms with Crippen LogP contribution in [-0.2, 0) is 21.7 Å². The molecule has 1 fully saturated rings. The van der Waals surface area contributed by atoms with Gasteiger partial charge >= 0.3 is 0 Å². The Bertz CT molecular complexity index is 1070. The SMILES string of the molecule is Cn1cnnc1S(=O)(=O)C1CCN(C(=O)CSc2nc3ccccc3o2)CC1. The standard InChI is InChI=1S/C17H19N5O4S2/c1-21-11-18-20-16(21)28(24,25)12-6-8-22(9-7-12)15(23)10-27-17-19-13-4-2-3-5-14(13)26-17/h2-5,11-12H,6-10H2,1H3. The van der Waals surface area contributed by atoms with Gasteiger partial charge in [0.15, 0.2) is 5.58 Å². The zero-order valence-electron chi connectivity index (χ0n) is 15.2. The molecule has 0 radical (unpaired) electrons. The van der Waals surface area contributed by atoms with Crippen molar-refractivity contribution in [3.8, 4) is 0 Å². The van der Waals surface area contributed by atoms with Crippen molar-refractivity contribution in [2.45, 2.75) is 28.5 Å². The maximum atomic E-state index is 12.7.